The Hall–Kier alpha value is -0.370. The van der Waals surface area contributed by atoms with Crippen molar-refractivity contribution in [2.24, 2.45) is 0 Å². The van der Waals surface area contributed by atoms with E-state index in [0.717, 1.165) is 6.42 Å². The number of rotatable bonds is 0. The summed E-state index contributed by atoms with van der Waals surface area (Å²) in [5, 5.41) is 0. The Morgan fingerprint density at radius 3 is 2.33 bits per heavy atom. The molecule has 0 aromatic heterocycles. The smallest absolute Gasteiger partial charge is 0.151 e. The van der Waals surface area contributed by atoms with Gasteiger partial charge in [-0.25, -0.2) is 5.73 Å². The maximum absolute atomic E-state index is 10.0. The van der Waals surface area contributed by atoms with E-state index in [0.29, 0.717) is 6.42 Å². The Balaban J connectivity index is 2.39. The minimum absolute atomic E-state index is 0.106. The number of ketones is 1. The van der Waals surface area contributed by atoms with Crippen molar-refractivity contribution in [2.45, 2.75) is 18.9 Å². The first-order chi connectivity index (χ1) is 2.80. The second-order valence-electron chi connectivity index (χ2n) is 1.56. The number of hydrogen-bond donors (Lipinski definition) is 0. The first kappa shape index (κ1) is 3.81. The van der Waals surface area contributed by atoms with Gasteiger partial charge in [-0.1, -0.05) is 0 Å². The molecule has 0 spiro atoms. The third-order valence-electron chi connectivity index (χ3n) is 1.07. The SMILES string of the molecule is [NH]C1CCC1=O. The van der Waals surface area contributed by atoms with E-state index in [-0.39, 0.29) is 11.8 Å². The number of carbonyl (C=O) groups is 1. The molecule has 0 aliphatic heterocycles. The molecule has 2 nitrogen and oxygen atoms in total. The topological polar surface area (TPSA) is 40.9 Å². The second kappa shape index (κ2) is 1.05. The summed E-state index contributed by atoms with van der Waals surface area (Å²) < 4.78 is 0. The van der Waals surface area contributed by atoms with E-state index in [4.69, 9.17) is 5.73 Å². The van der Waals surface area contributed by atoms with Crippen LogP contribution < -0.4 is 5.73 Å². The molecule has 1 saturated carbocycles. The summed E-state index contributed by atoms with van der Waals surface area (Å²) >= 11 is 0. The van der Waals surface area contributed by atoms with Crippen LogP contribution in [0.25, 0.3) is 0 Å². The maximum Gasteiger partial charge on any atom is 0.151 e. The van der Waals surface area contributed by atoms with Crippen LogP contribution in [0.3, 0.4) is 0 Å². The Morgan fingerprint density at radius 2 is 2.33 bits per heavy atom. The van der Waals surface area contributed by atoms with Crippen LogP contribution in [0.1, 0.15) is 12.8 Å². The van der Waals surface area contributed by atoms with Crippen molar-refractivity contribution < 1.29 is 4.79 Å². The third kappa shape index (κ3) is 0.337. The second-order valence-corrected chi connectivity index (χ2v) is 1.56. The summed E-state index contributed by atoms with van der Waals surface area (Å²) in [5.74, 6) is 0.106. The molecule has 0 aromatic rings. The van der Waals surface area contributed by atoms with Crippen LogP contribution in [0.15, 0.2) is 0 Å². The van der Waals surface area contributed by atoms with Gasteiger partial charge in [0, 0.05) is 6.42 Å². The normalized spacial score (nSPS) is 32.8. The van der Waals surface area contributed by atoms with Gasteiger partial charge in [-0.2, -0.15) is 0 Å². The zero-order valence-electron chi connectivity index (χ0n) is 3.40. The number of hydrogen-bond acceptors (Lipinski definition) is 1. The summed E-state index contributed by atoms with van der Waals surface area (Å²) in [6.07, 6.45) is 1.44. The van der Waals surface area contributed by atoms with Gasteiger partial charge >= 0.3 is 0 Å². The average molecular weight is 84.1 g/mol. The zero-order chi connectivity index (χ0) is 4.57. The van der Waals surface area contributed by atoms with E-state index in [2.05, 4.69) is 0 Å². The molecule has 1 N–H and O–H groups in total. The monoisotopic (exact) mass is 84.0 g/mol. The van der Waals surface area contributed by atoms with Crippen LogP contribution in [0, 0.1) is 0 Å². The molecule has 1 unspecified atom stereocenters. The van der Waals surface area contributed by atoms with E-state index in [1.54, 1.807) is 0 Å². The molecule has 1 radical (unpaired) electrons. The first-order valence-electron chi connectivity index (χ1n) is 2.04. The maximum atomic E-state index is 10.0. The summed E-state index contributed by atoms with van der Waals surface area (Å²) in [4.78, 5) is 10.0. The van der Waals surface area contributed by atoms with Gasteiger partial charge in [-0.15, -0.1) is 0 Å². The molecule has 33 valence electrons. The molecule has 2 heteroatoms. The van der Waals surface area contributed by atoms with Gasteiger partial charge in [-0.3, -0.25) is 4.79 Å². The van der Waals surface area contributed by atoms with Crippen LogP contribution >= 0.6 is 0 Å². The summed E-state index contributed by atoms with van der Waals surface area (Å²) in [7, 11) is 0. The Kier molecular flexibility index (Phi) is 0.665. The van der Waals surface area contributed by atoms with Crippen LogP contribution in [-0.2, 0) is 4.79 Å². The number of carbonyl (C=O) groups excluding carboxylic acids is 1. The minimum Gasteiger partial charge on any atom is -0.298 e. The van der Waals surface area contributed by atoms with Gasteiger partial charge in [0.25, 0.3) is 0 Å². The lowest BCUT2D eigenvalue weighted by atomic mass is 9.93. The quantitative estimate of drug-likeness (QED) is 0.407. The van der Waals surface area contributed by atoms with Crippen LogP contribution in [0.2, 0.25) is 0 Å². The highest BCUT2D eigenvalue weighted by Gasteiger charge is 2.23. The molecule has 0 amide bonds. The van der Waals surface area contributed by atoms with Gasteiger partial charge in [0.15, 0.2) is 5.78 Å². The van der Waals surface area contributed by atoms with Crippen LogP contribution in [0.4, 0.5) is 0 Å². The van der Waals surface area contributed by atoms with E-state index in [1.807, 2.05) is 0 Å². The van der Waals surface area contributed by atoms with Gasteiger partial charge in [-0.05, 0) is 6.42 Å². The van der Waals surface area contributed by atoms with Crippen LogP contribution in [0.5, 0.6) is 0 Å². The fourth-order valence-electron chi connectivity index (χ4n) is 0.407. The van der Waals surface area contributed by atoms with Crippen molar-refractivity contribution in [1.29, 1.82) is 0 Å². The largest absolute Gasteiger partial charge is 0.298 e. The Labute approximate surface area is 36.3 Å². The molecule has 1 aliphatic rings. The fourth-order valence-corrected chi connectivity index (χ4v) is 0.407. The van der Waals surface area contributed by atoms with E-state index < -0.39 is 0 Å². The molecule has 0 bridgehead atoms. The highest BCUT2D eigenvalue weighted by molar-refractivity contribution is 5.89. The molecule has 0 saturated heterocycles. The third-order valence-corrected chi connectivity index (χ3v) is 1.07. The van der Waals surface area contributed by atoms with Crippen molar-refractivity contribution in [3.63, 3.8) is 0 Å². The molecule has 1 rings (SSSR count). The van der Waals surface area contributed by atoms with Gasteiger partial charge in [0.1, 0.15) is 0 Å². The van der Waals surface area contributed by atoms with Crippen molar-refractivity contribution in [3.8, 4) is 0 Å². The average Bonchev–Trinajstić information content (AvgIpc) is 1.61. The fraction of sp³-hybridized carbons (Fsp3) is 0.750. The summed E-state index contributed by atoms with van der Waals surface area (Å²) in [5.41, 5.74) is 6.77. The van der Waals surface area contributed by atoms with Crippen LogP contribution in [-0.4, -0.2) is 11.8 Å². The Morgan fingerprint density at radius 1 is 1.83 bits per heavy atom. The first-order valence-corrected chi connectivity index (χ1v) is 2.04. The Bertz CT molecular complexity index is 79.6. The molecular formula is C4H6NO. The molecule has 1 atom stereocenters. The standard InChI is InChI=1S/C4H6NO/c5-3-1-2-4(3)6/h3,5H,1-2H2. The highest BCUT2D eigenvalue weighted by atomic mass is 16.1. The zero-order valence-corrected chi connectivity index (χ0v) is 3.40. The molecule has 0 heterocycles. The lowest BCUT2D eigenvalue weighted by Crippen LogP contribution is -2.32. The summed E-state index contributed by atoms with van der Waals surface area (Å²) in [6.45, 7) is 0. The predicted molar refractivity (Wildman–Crippen MR) is 21.1 cm³/mol. The predicted octanol–water partition coefficient (Wildman–Crippen LogP) is 0.000800. The van der Waals surface area contributed by atoms with E-state index in [9.17, 15) is 4.79 Å². The van der Waals surface area contributed by atoms with Gasteiger partial charge in [0.2, 0.25) is 0 Å². The lowest BCUT2D eigenvalue weighted by Gasteiger charge is -2.16. The molecule has 0 aromatic carbocycles. The van der Waals surface area contributed by atoms with Crippen molar-refractivity contribution in [2.75, 3.05) is 0 Å². The molecular weight excluding hydrogens is 78.0 g/mol. The number of nitrogens with one attached hydrogen (secondary N) is 1. The van der Waals surface area contributed by atoms with Gasteiger partial charge < -0.3 is 0 Å². The number of Topliss-reactive ketones (excluding diaryl/α,β-unsaturated/α-hetero) is 1. The van der Waals surface area contributed by atoms with Crippen molar-refractivity contribution >= 4 is 5.78 Å². The molecule has 1 aliphatic carbocycles. The highest BCUT2D eigenvalue weighted by Crippen LogP contribution is 2.11. The van der Waals surface area contributed by atoms with Gasteiger partial charge in [0.05, 0.1) is 6.04 Å². The lowest BCUT2D eigenvalue weighted by molar-refractivity contribution is -0.125. The molecule has 6 heavy (non-hydrogen) atoms. The van der Waals surface area contributed by atoms with Crippen molar-refractivity contribution in [1.82, 2.24) is 5.73 Å². The summed E-state index contributed by atoms with van der Waals surface area (Å²) in [6, 6.07) is -0.356. The van der Waals surface area contributed by atoms with Crippen molar-refractivity contribution in [3.05, 3.63) is 0 Å². The molecule has 1 fully saturated rings. The van der Waals surface area contributed by atoms with E-state index >= 15 is 0 Å². The minimum atomic E-state index is -0.356. The van der Waals surface area contributed by atoms with E-state index in [1.165, 1.54) is 0 Å².